The number of carbonyl (C=O) groups is 1. The molecule has 3 nitrogen and oxygen atoms in total. The molecule has 0 radical (unpaired) electrons. The van der Waals surface area contributed by atoms with E-state index in [9.17, 15) is 4.79 Å². The molecule has 0 unspecified atom stereocenters. The molecule has 3 heteroatoms. The number of carbonyl (C=O) groups excluding carboxylic acids is 1. The lowest BCUT2D eigenvalue weighted by molar-refractivity contribution is 0.0985. The van der Waals surface area contributed by atoms with Crippen molar-refractivity contribution in [2.24, 2.45) is 0 Å². The summed E-state index contributed by atoms with van der Waals surface area (Å²) >= 11 is 0. The molecule has 0 saturated carbocycles. The normalized spacial score (nSPS) is 21.4. The molecular formula is C15H18O3. The van der Waals surface area contributed by atoms with E-state index < -0.39 is 0 Å². The summed E-state index contributed by atoms with van der Waals surface area (Å²) in [7, 11) is 3.24. The second-order valence-corrected chi connectivity index (χ2v) is 5.13. The number of aryl methyl sites for hydroxylation is 1. The summed E-state index contributed by atoms with van der Waals surface area (Å²) in [5.74, 6) is 1.95. The predicted molar refractivity (Wildman–Crippen MR) is 68.8 cm³/mol. The fourth-order valence-electron chi connectivity index (χ4n) is 3.39. The van der Waals surface area contributed by atoms with Crippen LogP contribution in [0, 0.1) is 0 Å². The summed E-state index contributed by atoms with van der Waals surface area (Å²) in [6.45, 7) is 0. The Morgan fingerprint density at radius 2 is 2.06 bits per heavy atom. The van der Waals surface area contributed by atoms with Crippen LogP contribution in [0.5, 0.6) is 11.5 Å². The Labute approximate surface area is 107 Å². The van der Waals surface area contributed by atoms with E-state index in [0.717, 1.165) is 18.4 Å². The van der Waals surface area contributed by atoms with Gasteiger partial charge in [-0.2, -0.15) is 0 Å². The van der Waals surface area contributed by atoms with Gasteiger partial charge in [0.2, 0.25) is 0 Å². The minimum atomic E-state index is 0.217. The molecule has 96 valence electrons. The van der Waals surface area contributed by atoms with Crippen molar-refractivity contribution in [1.29, 1.82) is 0 Å². The molecule has 0 N–H and O–H groups in total. The average molecular weight is 246 g/mol. The Morgan fingerprint density at radius 3 is 2.78 bits per heavy atom. The van der Waals surface area contributed by atoms with Crippen LogP contribution in [0.1, 0.15) is 53.1 Å². The first-order chi connectivity index (χ1) is 8.76. The maximum absolute atomic E-state index is 12.2. The largest absolute Gasteiger partial charge is 0.493 e. The molecule has 1 aromatic rings. The first kappa shape index (κ1) is 11.6. The SMILES string of the molecule is COc1cc2c3c(c1OC)C(=O)C[C@H]3CCCC2. The van der Waals surface area contributed by atoms with Crippen molar-refractivity contribution in [2.45, 2.75) is 38.0 Å². The van der Waals surface area contributed by atoms with Gasteiger partial charge in [-0.25, -0.2) is 0 Å². The van der Waals surface area contributed by atoms with Gasteiger partial charge in [0.1, 0.15) is 0 Å². The number of benzene rings is 1. The Kier molecular flexibility index (Phi) is 2.77. The number of rotatable bonds is 2. The zero-order valence-electron chi connectivity index (χ0n) is 10.9. The van der Waals surface area contributed by atoms with Crippen molar-refractivity contribution in [2.75, 3.05) is 14.2 Å². The van der Waals surface area contributed by atoms with Crippen molar-refractivity contribution in [3.05, 3.63) is 22.8 Å². The van der Waals surface area contributed by atoms with E-state index in [1.54, 1.807) is 14.2 Å². The highest BCUT2D eigenvalue weighted by Crippen LogP contribution is 2.48. The van der Waals surface area contributed by atoms with Gasteiger partial charge in [-0.3, -0.25) is 4.79 Å². The van der Waals surface area contributed by atoms with Crippen molar-refractivity contribution in [1.82, 2.24) is 0 Å². The van der Waals surface area contributed by atoms with Crippen LogP contribution in [0.3, 0.4) is 0 Å². The van der Waals surface area contributed by atoms with Gasteiger partial charge >= 0.3 is 0 Å². The van der Waals surface area contributed by atoms with Gasteiger partial charge in [-0.05, 0) is 42.4 Å². The minimum absolute atomic E-state index is 0.217. The lowest BCUT2D eigenvalue weighted by atomic mass is 9.94. The molecule has 1 atom stereocenters. The molecule has 0 fully saturated rings. The molecule has 0 saturated heterocycles. The van der Waals surface area contributed by atoms with E-state index >= 15 is 0 Å². The molecule has 0 heterocycles. The summed E-state index contributed by atoms with van der Waals surface area (Å²) in [5, 5.41) is 0. The monoisotopic (exact) mass is 246 g/mol. The maximum atomic E-state index is 12.2. The van der Waals surface area contributed by atoms with Crippen LogP contribution in [0.4, 0.5) is 0 Å². The summed E-state index contributed by atoms with van der Waals surface area (Å²) in [5.41, 5.74) is 3.32. The van der Waals surface area contributed by atoms with E-state index in [-0.39, 0.29) is 5.78 Å². The van der Waals surface area contributed by atoms with Crippen molar-refractivity contribution in [3.8, 4) is 11.5 Å². The highest BCUT2D eigenvalue weighted by Gasteiger charge is 2.36. The van der Waals surface area contributed by atoms with Crippen LogP contribution in [0.25, 0.3) is 0 Å². The van der Waals surface area contributed by atoms with Gasteiger partial charge in [0.15, 0.2) is 17.3 Å². The van der Waals surface area contributed by atoms with Gasteiger partial charge < -0.3 is 9.47 Å². The number of hydrogen-bond acceptors (Lipinski definition) is 3. The number of ketones is 1. The van der Waals surface area contributed by atoms with Crippen LogP contribution in [-0.2, 0) is 6.42 Å². The second-order valence-electron chi connectivity index (χ2n) is 5.13. The molecule has 0 spiro atoms. The number of ether oxygens (including phenoxy) is 2. The van der Waals surface area contributed by atoms with Gasteiger partial charge in [-0.1, -0.05) is 6.42 Å². The van der Waals surface area contributed by atoms with E-state index in [2.05, 4.69) is 6.07 Å². The smallest absolute Gasteiger partial charge is 0.171 e. The van der Waals surface area contributed by atoms with Gasteiger partial charge in [-0.15, -0.1) is 0 Å². The predicted octanol–water partition coefficient (Wildman–Crippen LogP) is 3.10. The maximum Gasteiger partial charge on any atom is 0.171 e. The van der Waals surface area contributed by atoms with E-state index in [4.69, 9.17) is 9.47 Å². The quantitative estimate of drug-likeness (QED) is 0.804. The van der Waals surface area contributed by atoms with Crippen LogP contribution in [-0.4, -0.2) is 20.0 Å². The lowest BCUT2D eigenvalue weighted by Gasteiger charge is -2.16. The molecule has 1 aromatic carbocycles. The minimum Gasteiger partial charge on any atom is -0.493 e. The Hall–Kier alpha value is -1.51. The highest BCUT2D eigenvalue weighted by molar-refractivity contribution is 6.05. The van der Waals surface area contributed by atoms with Crippen LogP contribution < -0.4 is 9.47 Å². The van der Waals surface area contributed by atoms with E-state index in [0.29, 0.717) is 23.8 Å². The van der Waals surface area contributed by atoms with E-state index in [1.807, 2.05) is 0 Å². The zero-order chi connectivity index (χ0) is 12.7. The Bertz CT molecular complexity index is 505. The Balaban J connectivity index is 2.27. The first-order valence-electron chi connectivity index (χ1n) is 6.57. The molecule has 0 aromatic heterocycles. The number of hydrogen-bond donors (Lipinski definition) is 0. The average Bonchev–Trinajstić information content (AvgIpc) is 2.58. The summed E-state index contributed by atoms with van der Waals surface area (Å²) in [6, 6.07) is 2.06. The second kappa shape index (κ2) is 4.30. The molecule has 18 heavy (non-hydrogen) atoms. The molecule has 0 aliphatic heterocycles. The number of methoxy groups -OCH3 is 2. The summed E-state index contributed by atoms with van der Waals surface area (Å²) in [4.78, 5) is 12.2. The van der Waals surface area contributed by atoms with Crippen LogP contribution in [0.15, 0.2) is 6.07 Å². The molecule has 3 rings (SSSR count). The molecule has 0 bridgehead atoms. The topological polar surface area (TPSA) is 35.5 Å². The highest BCUT2D eigenvalue weighted by atomic mass is 16.5. The zero-order valence-corrected chi connectivity index (χ0v) is 10.9. The van der Waals surface area contributed by atoms with Gasteiger partial charge in [0, 0.05) is 6.42 Å². The van der Waals surface area contributed by atoms with Crippen molar-refractivity contribution < 1.29 is 14.3 Å². The van der Waals surface area contributed by atoms with Crippen LogP contribution in [0.2, 0.25) is 0 Å². The number of Topliss-reactive ketones (excluding diaryl/α,β-unsaturated/α-hetero) is 1. The van der Waals surface area contributed by atoms with Crippen molar-refractivity contribution in [3.63, 3.8) is 0 Å². The first-order valence-corrected chi connectivity index (χ1v) is 6.57. The fraction of sp³-hybridized carbons (Fsp3) is 0.533. The summed E-state index contributed by atoms with van der Waals surface area (Å²) < 4.78 is 10.8. The summed E-state index contributed by atoms with van der Waals surface area (Å²) in [6.07, 6.45) is 5.23. The Morgan fingerprint density at radius 1 is 1.22 bits per heavy atom. The molecular weight excluding hydrogens is 228 g/mol. The standard InChI is InChI=1S/C15H18O3/c1-17-12-8-10-6-4-3-5-9-7-11(16)14(13(9)10)15(12)18-2/h8-9H,3-7H2,1-2H3/t9-/m1/s1. The third-order valence-electron chi connectivity index (χ3n) is 4.16. The van der Waals surface area contributed by atoms with Gasteiger partial charge in [0.05, 0.1) is 19.8 Å². The van der Waals surface area contributed by atoms with Crippen molar-refractivity contribution >= 4 is 5.78 Å². The van der Waals surface area contributed by atoms with E-state index in [1.165, 1.54) is 24.0 Å². The molecule has 2 aliphatic rings. The van der Waals surface area contributed by atoms with Gasteiger partial charge in [0.25, 0.3) is 0 Å². The van der Waals surface area contributed by atoms with Crippen LogP contribution >= 0.6 is 0 Å². The lowest BCUT2D eigenvalue weighted by Crippen LogP contribution is -2.03. The molecule has 0 amide bonds. The fourth-order valence-corrected chi connectivity index (χ4v) is 3.39. The molecule has 2 aliphatic carbocycles. The third-order valence-corrected chi connectivity index (χ3v) is 4.16. The third kappa shape index (κ3) is 1.53.